The average Bonchev–Trinajstić information content (AvgIpc) is 2.25. The third kappa shape index (κ3) is 2.56. The lowest BCUT2D eigenvalue weighted by Crippen LogP contribution is -2.07. The standard InChI is InChI=1S/C12H19NO/c1-3-10-6-5-7-11(4-2)12(10)8-9-14-13/h5-7H,3-4,8-9,13H2,1-2H3. The van der Waals surface area contributed by atoms with E-state index in [-0.39, 0.29) is 0 Å². The summed E-state index contributed by atoms with van der Waals surface area (Å²) in [6.45, 7) is 4.97. The van der Waals surface area contributed by atoms with Crippen molar-refractivity contribution in [3.8, 4) is 0 Å². The molecule has 1 aromatic carbocycles. The van der Waals surface area contributed by atoms with Crippen LogP contribution in [0.4, 0.5) is 0 Å². The monoisotopic (exact) mass is 193 g/mol. The first-order chi connectivity index (χ1) is 6.83. The van der Waals surface area contributed by atoms with Gasteiger partial charge in [0, 0.05) is 0 Å². The zero-order valence-corrected chi connectivity index (χ0v) is 9.05. The summed E-state index contributed by atoms with van der Waals surface area (Å²) in [5, 5.41) is 0. The van der Waals surface area contributed by atoms with Crippen molar-refractivity contribution >= 4 is 0 Å². The van der Waals surface area contributed by atoms with Gasteiger partial charge in [-0.15, -0.1) is 0 Å². The van der Waals surface area contributed by atoms with Crippen molar-refractivity contribution in [1.82, 2.24) is 0 Å². The molecule has 0 atom stereocenters. The van der Waals surface area contributed by atoms with Gasteiger partial charge < -0.3 is 4.84 Å². The van der Waals surface area contributed by atoms with Gasteiger partial charge in [0.1, 0.15) is 0 Å². The van der Waals surface area contributed by atoms with Gasteiger partial charge in [0.25, 0.3) is 0 Å². The van der Waals surface area contributed by atoms with Crippen LogP contribution in [0.2, 0.25) is 0 Å². The van der Waals surface area contributed by atoms with Crippen molar-refractivity contribution in [3.63, 3.8) is 0 Å². The molecule has 0 bridgehead atoms. The van der Waals surface area contributed by atoms with E-state index in [1.54, 1.807) is 0 Å². The van der Waals surface area contributed by atoms with Crippen LogP contribution >= 0.6 is 0 Å². The van der Waals surface area contributed by atoms with Crippen LogP contribution < -0.4 is 5.90 Å². The molecule has 0 spiro atoms. The highest BCUT2D eigenvalue weighted by molar-refractivity contribution is 5.35. The zero-order valence-electron chi connectivity index (χ0n) is 9.05. The van der Waals surface area contributed by atoms with Crippen LogP contribution in [0, 0.1) is 0 Å². The lowest BCUT2D eigenvalue weighted by atomic mass is 9.95. The molecule has 0 aliphatic heterocycles. The van der Waals surface area contributed by atoms with E-state index in [9.17, 15) is 0 Å². The largest absolute Gasteiger partial charge is 0.304 e. The van der Waals surface area contributed by atoms with Gasteiger partial charge in [-0.25, -0.2) is 5.90 Å². The molecule has 0 aliphatic carbocycles. The van der Waals surface area contributed by atoms with Crippen LogP contribution in [0.1, 0.15) is 30.5 Å². The summed E-state index contributed by atoms with van der Waals surface area (Å²) < 4.78 is 0. The Morgan fingerprint density at radius 2 is 1.71 bits per heavy atom. The second-order valence-electron chi connectivity index (χ2n) is 3.38. The number of benzene rings is 1. The van der Waals surface area contributed by atoms with E-state index in [1.165, 1.54) is 16.7 Å². The summed E-state index contributed by atoms with van der Waals surface area (Å²) in [7, 11) is 0. The van der Waals surface area contributed by atoms with Gasteiger partial charge in [0.15, 0.2) is 0 Å². The summed E-state index contributed by atoms with van der Waals surface area (Å²) in [6, 6.07) is 6.50. The van der Waals surface area contributed by atoms with E-state index in [2.05, 4.69) is 36.9 Å². The molecule has 0 amide bonds. The molecule has 2 N–H and O–H groups in total. The molecule has 0 heterocycles. The lowest BCUT2D eigenvalue weighted by Gasteiger charge is -2.12. The summed E-state index contributed by atoms with van der Waals surface area (Å²) in [5.74, 6) is 5.06. The van der Waals surface area contributed by atoms with Crippen molar-refractivity contribution < 1.29 is 4.84 Å². The molecule has 2 nitrogen and oxygen atoms in total. The van der Waals surface area contributed by atoms with Crippen LogP contribution in [0.3, 0.4) is 0 Å². The van der Waals surface area contributed by atoms with Gasteiger partial charge in [0.2, 0.25) is 0 Å². The molecule has 0 aromatic heterocycles. The first-order valence-corrected chi connectivity index (χ1v) is 5.24. The van der Waals surface area contributed by atoms with Crippen LogP contribution in [-0.4, -0.2) is 6.61 Å². The van der Waals surface area contributed by atoms with E-state index in [0.717, 1.165) is 19.3 Å². The molecule has 0 radical (unpaired) electrons. The zero-order chi connectivity index (χ0) is 10.4. The lowest BCUT2D eigenvalue weighted by molar-refractivity contribution is 0.141. The first-order valence-electron chi connectivity index (χ1n) is 5.24. The molecule has 0 saturated heterocycles. The molecule has 14 heavy (non-hydrogen) atoms. The Morgan fingerprint density at radius 1 is 1.14 bits per heavy atom. The molecule has 0 fully saturated rings. The molecule has 1 rings (SSSR count). The molecular formula is C12H19NO. The number of nitrogens with two attached hydrogens (primary N) is 1. The molecular weight excluding hydrogens is 174 g/mol. The van der Waals surface area contributed by atoms with Crippen LogP contribution in [0.15, 0.2) is 18.2 Å². The Kier molecular flexibility index (Phi) is 4.63. The Bertz CT molecular complexity index is 261. The fourth-order valence-electron chi connectivity index (χ4n) is 1.83. The molecule has 0 unspecified atom stereocenters. The third-order valence-corrected chi connectivity index (χ3v) is 2.60. The van der Waals surface area contributed by atoms with Gasteiger partial charge in [-0.1, -0.05) is 32.0 Å². The average molecular weight is 193 g/mol. The maximum absolute atomic E-state index is 5.06. The molecule has 78 valence electrons. The molecule has 0 aliphatic rings. The fourth-order valence-corrected chi connectivity index (χ4v) is 1.83. The first kappa shape index (κ1) is 11.2. The van der Waals surface area contributed by atoms with Crippen LogP contribution in [-0.2, 0) is 24.1 Å². The number of hydrogen-bond acceptors (Lipinski definition) is 2. The summed E-state index contributed by atoms with van der Waals surface area (Å²) >= 11 is 0. The second-order valence-corrected chi connectivity index (χ2v) is 3.38. The maximum atomic E-state index is 5.06. The number of rotatable bonds is 5. The van der Waals surface area contributed by atoms with Crippen molar-refractivity contribution in [2.75, 3.05) is 6.61 Å². The van der Waals surface area contributed by atoms with Crippen molar-refractivity contribution in [2.24, 2.45) is 5.90 Å². The minimum atomic E-state index is 0.601. The normalized spacial score (nSPS) is 10.5. The van der Waals surface area contributed by atoms with Crippen molar-refractivity contribution in [3.05, 3.63) is 34.9 Å². The summed E-state index contributed by atoms with van der Waals surface area (Å²) in [4.78, 5) is 4.64. The highest BCUT2D eigenvalue weighted by Crippen LogP contribution is 2.17. The predicted molar refractivity (Wildman–Crippen MR) is 59.0 cm³/mol. The smallest absolute Gasteiger partial charge is 0.0719 e. The molecule has 1 aromatic rings. The van der Waals surface area contributed by atoms with Gasteiger partial charge in [-0.05, 0) is 36.0 Å². The second kappa shape index (κ2) is 5.78. The van der Waals surface area contributed by atoms with Gasteiger partial charge in [-0.2, -0.15) is 0 Å². The van der Waals surface area contributed by atoms with Crippen LogP contribution in [0.25, 0.3) is 0 Å². The van der Waals surface area contributed by atoms with Crippen LogP contribution in [0.5, 0.6) is 0 Å². The quantitative estimate of drug-likeness (QED) is 0.728. The predicted octanol–water partition coefficient (Wildman–Crippen LogP) is 2.24. The minimum Gasteiger partial charge on any atom is -0.304 e. The summed E-state index contributed by atoms with van der Waals surface area (Å²) in [6.07, 6.45) is 3.07. The third-order valence-electron chi connectivity index (χ3n) is 2.60. The van der Waals surface area contributed by atoms with Crippen molar-refractivity contribution in [2.45, 2.75) is 33.1 Å². The Balaban J connectivity index is 2.93. The number of hydrogen-bond donors (Lipinski definition) is 1. The van der Waals surface area contributed by atoms with E-state index in [1.807, 2.05) is 0 Å². The Labute approximate surface area is 86.0 Å². The Morgan fingerprint density at radius 3 is 2.14 bits per heavy atom. The summed E-state index contributed by atoms with van der Waals surface area (Å²) in [5.41, 5.74) is 4.26. The molecule has 2 heteroatoms. The molecule has 0 saturated carbocycles. The van der Waals surface area contributed by atoms with Crippen molar-refractivity contribution in [1.29, 1.82) is 0 Å². The number of aryl methyl sites for hydroxylation is 2. The van der Waals surface area contributed by atoms with E-state index in [4.69, 9.17) is 5.90 Å². The van der Waals surface area contributed by atoms with E-state index in [0.29, 0.717) is 6.61 Å². The fraction of sp³-hybridized carbons (Fsp3) is 0.500. The van der Waals surface area contributed by atoms with Gasteiger partial charge >= 0.3 is 0 Å². The van der Waals surface area contributed by atoms with E-state index >= 15 is 0 Å². The topological polar surface area (TPSA) is 35.2 Å². The minimum absolute atomic E-state index is 0.601. The highest BCUT2D eigenvalue weighted by atomic mass is 16.6. The van der Waals surface area contributed by atoms with Gasteiger partial charge in [-0.3, -0.25) is 0 Å². The SMILES string of the molecule is CCc1cccc(CC)c1CCON. The maximum Gasteiger partial charge on any atom is 0.0719 e. The van der Waals surface area contributed by atoms with E-state index < -0.39 is 0 Å². The van der Waals surface area contributed by atoms with Gasteiger partial charge in [0.05, 0.1) is 6.61 Å². The highest BCUT2D eigenvalue weighted by Gasteiger charge is 2.05. The Hall–Kier alpha value is -0.860.